The first kappa shape index (κ1) is 19.1. The van der Waals surface area contributed by atoms with E-state index in [4.69, 9.17) is 9.15 Å². The number of nitrogens with zero attached hydrogens (tertiary/aromatic N) is 2. The predicted molar refractivity (Wildman–Crippen MR) is 97.6 cm³/mol. The number of rotatable bonds is 3. The summed E-state index contributed by atoms with van der Waals surface area (Å²) in [6, 6.07) is 4.38. The molecule has 0 unspecified atom stereocenters. The molecule has 1 saturated heterocycles. The molecular weight excluding hydrogens is 348 g/mol. The Morgan fingerprint density at radius 1 is 1.20 bits per heavy atom. The van der Waals surface area contributed by atoms with E-state index in [9.17, 15) is 14.7 Å². The van der Waals surface area contributed by atoms with Crippen LogP contribution in [0.25, 0.3) is 11.0 Å². The number of halogens is 1. The van der Waals surface area contributed by atoms with Gasteiger partial charge in [-0.1, -0.05) is 0 Å². The third-order valence-corrected chi connectivity index (χ3v) is 4.29. The highest BCUT2D eigenvalue weighted by molar-refractivity contribution is 5.93. The minimum atomic E-state index is -1.26. The number of carboxylic acids is 1. The number of aromatic carboxylic acids is 1. The second kappa shape index (κ2) is 7.76. The van der Waals surface area contributed by atoms with Crippen LogP contribution in [-0.4, -0.2) is 56.3 Å². The van der Waals surface area contributed by atoms with Crippen LogP contribution in [0.1, 0.15) is 17.0 Å². The Bertz CT molecular complexity index is 836. The molecule has 1 aromatic carbocycles. The zero-order valence-corrected chi connectivity index (χ0v) is 15.0. The Hall–Kier alpha value is -2.25. The molecule has 0 saturated carbocycles. The average molecular weight is 369 g/mol. The van der Waals surface area contributed by atoms with Gasteiger partial charge in [-0.05, 0) is 26.1 Å². The Labute approximate surface area is 151 Å². The van der Waals surface area contributed by atoms with E-state index in [0.29, 0.717) is 22.4 Å². The summed E-state index contributed by atoms with van der Waals surface area (Å²) in [6.45, 7) is 3.43. The fourth-order valence-corrected chi connectivity index (χ4v) is 2.96. The van der Waals surface area contributed by atoms with Gasteiger partial charge in [0.2, 0.25) is 5.76 Å². The number of fused-ring (bicyclic) bond motifs is 1. The molecular formula is C17H21ClN2O5. The van der Waals surface area contributed by atoms with E-state index in [2.05, 4.69) is 16.8 Å². The van der Waals surface area contributed by atoms with Crippen molar-refractivity contribution in [3.63, 3.8) is 0 Å². The first-order valence-corrected chi connectivity index (χ1v) is 7.82. The lowest BCUT2D eigenvalue weighted by atomic mass is 10.1. The molecule has 3 rings (SSSR count). The van der Waals surface area contributed by atoms with Crippen LogP contribution in [0.3, 0.4) is 0 Å². The van der Waals surface area contributed by atoms with E-state index in [1.165, 1.54) is 7.11 Å². The molecule has 1 aliphatic heterocycles. The summed E-state index contributed by atoms with van der Waals surface area (Å²) in [4.78, 5) is 27.9. The predicted octanol–water partition coefficient (Wildman–Crippen LogP) is 2.06. The van der Waals surface area contributed by atoms with Crippen LogP contribution in [0.4, 0.5) is 5.69 Å². The number of hydrogen-bond acceptors (Lipinski definition) is 6. The van der Waals surface area contributed by atoms with Gasteiger partial charge >= 0.3 is 5.97 Å². The molecule has 1 aromatic heterocycles. The number of hydrogen-bond donors (Lipinski definition) is 1. The molecule has 2 aromatic rings. The summed E-state index contributed by atoms with van der Waals surface area (Å²) >= 11 is 0. The molecule has 0 radical (unpaired) electrons. The van der Waals surface area contributed by atoms with Crippen molar-refractivity contribution in [2.45, 2.75) is 6.42 Å². The van der Waals surface area contributed by atoms with Gasteiger partial charge < -0.3 is 24.1 Å². The van der Waals surface area contributed by atoms with Crippen molar-refractivity contribution in [2.75, 3.05) is 45.2 Å². The minimum absolute atomic E-state index is 0. The van der Waals surface area contributed by atoms with E-state index in [-0.39, 0.29) is 23.6 Å². The minimum Gasteiger partial charge on any atom is -0.497 e. The molecule has 1 aliphatic rings. The summed E-state index contributed by atoms with van der Waals surface area (Å²) < 4.78 is 10.9. The average Bonchev–Trinajstić information content (AvgIpc) is 2.78. The van der Waals surface area contributed by atoms with Gasteiger partial charge in [-0.25, -0.2) is 4.79 Å². The standard InChI is InChI=1S/C17H20N2O5.ClH/c1-18-4-3-5-19(7-6-18)13-9-11(23-2)8-12-14(20)10-15(17(21)22)24-16(12)13;/h8-10H,3-7H2,1-2H3,(H,21,22);1H. The lowest BCUT2D eigenvalue weighted by molar-refractivity contribution is 0.0663. The number of carboxylic acid groups (broad SMARTS) is 1. The SMILES string of the molecule is COc1cc(N2CCCN(C)CC2)c2oc(C(=O)O)cc(=O)c2c1.Cl. The van der Waals surface area contributed by atoms with Gasteiger partial charge in [-0.2, -0.15) is 0 Å². The van der Waals surface area contributed by atoms with E-state index in [1.54, 1.807) is 12.1 Å². The molecule has 0 spiro atoms. The molecule has 136 valence electrons. The highest BCUT2D eigenvalue weighted by atomic mass is 35.5. The Morgan fingerprint density at radius 3 is 2.64 bits per heavy atom. The summed E-state index contributed by atoms with van der Waals surface area (Å²) in [5.41, 5.74) is 0.603. The number of anilines is 1. The van der Waals surface area contributed by atoms with Crippen molar-refractivity contribution >= 4 is 35.0 Å². The second-order valence-electron chi connectivity index (χ2n) is 5.95. The molecule has 0 atom stereocenters. The third kappa shape index (κ3) is 3.88. The highest BCUT2D eigenvalue weighted by Gasteiger charge is 2.20. The smallest absolute Gasteiger partial charge is 0.371 e. The highest BCUT2D eigenvalue weighted by Crippen LogP contribution is 2.32. The van der Waals surface area contributed by atoms with E-state index >= 15 is 0 Å². The molecule has 0 amide bonds. The van der Waals surface area contributed by atoms with E-state index in [0.717, 1.165) is 38.7 Å². The van der Waals surface area contributed by atoms with Crippen LogP contribution in [-0.2, 0) is 0 Å². The van der Waals surface area contributed by atoms with Gasteiger partial charge in [0.1, 0.15) is 5.75 Å². The van der Waals surface area contributed by atoms with Crippen LogP contribution in [0.15, 0.2) is 27.4 Å². The van der Waals surface area contributed by atoms with Crippen LogP contribution in [0.5, 0.6) is 5.75 Å². The zero-order valence-electron chi connectivity index (χ0n) is 14.2. The monoisotopic (exact) mass is 368 g/mol. The van der Waals surface area contributed by atoms with Crippen LogP contribution in [0.2, 0.25) is 0 Å². The van der Waals surface area contributed by atoms with Crippen LogP contribution < -0.4 is 15.1 Å². The maximum absolute atomic E-state index is 12.3. The largest absolute Gasteiger partial charge is 0.497 e. The Balaban J connectivity index is 0.00000225. The Morgan fingerprint density at radius 2 is 1.96 bits per heavy atom. The lowest BCUT2D eigenvalue weighted by Gasteiger charge is -2.24. The number of benzene rings is 1. The number of ether oxygens (including phenoxy) is 1. The zero-order chi connectivity index (χ0) is 17.3. The molecule has 0 aliphatic carbocycles. The maximum atomic E-state index is 12.3. The van der Waals surface area contributed by atoms with Gasteiger partial charge in [0.05, 0.1) is 18.2 Å². The number of likely N-dealkylation sites (N-methyl/N-ethyl adjacent to an activating group) is 1. The fourth-order valence-electron chi connectivity index (χ4n) is 2.96. The molecule has 7 nitrogen and oxygen atoms in total. The van der Waals surface area contributed by atoms with Crippen molar-refractivity contribution in [1.29, 1.82) is 0 Å². The first-order valence-electron chi connectivity index (χ1n) is 7.82. The summed E-state index contributed by atoms with van der Waals surface area (Å²) in [5.74, 6) is -1.07. The number of methoxy groups -OCH3 is 1. The first-order chi connectivity index (χ1) is 11.5. The number of carbonyl (C=O) groups is 1. The van der Waals surface area contributed by atoms with Gasteiger partial charge in [-0.15, -0.1) is 12.4 Å². The van der Waals surface area contributed by atoms with Crippen molar-refractivity contribution in [2.24, 2.45) is 0 Å². The van der Waals surface area contributed by atoms with Gasteiger partial charge in [0.15, 0.2) is 11.0 Å². The van der Waals surface area contributed by atoms with Crippen molar-refractivity contribution in [1.82, 2.24) is 4.90 Å². The van der Waals surface area contributed by atoms with Crippen LogP contribution >= 0.6 is 12.4 Å². The molecule has 25 heavy (non-hydrogen) atoms. The summed E-state index contributed by atoms with van der Waals surface area (Å²) in [7, 11) is 3.60. The second-order valence-corrected chi connectivity index (χ2v) is 5.95. The van der Waals surface area contributed by atoms with Gasteiger partial charge in [0.25, 0.3) is 0 Å². The molecule has 2 heterocycles. The third-order valence-electron chi connectivity index (χ3n) is 4.29. The topological polar surface area (TPSA) is 83.2 Å². The molecule has 0 bridgehead atoms. The summed E-state index contributed by atoms with van der Waals surface area (Å²) in [6.07, 6.45) is 0.970. The van der Waals surface area contributed by atoms with E-state index < -0.39 is 5.97 Å². The van der Waals surface area contributed by atoms with Gasteiger partial charge in [-0.3, -0.25) is 4.79 Å². The van der Waals surface area contributed by atoms with E-state index in [1.807, 2.05) is 0 Å². The van der Waals surface area contributed by atoms with Crippen LogP contribution in [0, 0.1) is 0 Å². The molecule has 8 heteroatoms. The van der Waals surface area contributed by atoms with Gasteiger partial charge in [0, 0.05) is 31.8 Å². The quantitative estimate of drug-likeness (QED) is 0.887. The van der Waals surface area contributed by atoms with Crippen molar-refractivity contribution in [3.8, 4) is 5.75 Å². The lowest BCUT2D eigenvalue weighted by Crippen LogP contribution is -2.29. The molecule has 1 fully saturated rings. The normalized spacial score (nSPS) is 15.5. The van der Waals surface area contributed by atoms with Crippen molar-refractivity contribution < 1.29 is 19.1 Å². The Kier molecular flexibility index (Phi) is 5.92. The maximum Gasteiger partial charge on any atom is 0.371 e. The van der Waals surface area contributed by atoms with Crippen molar-refractivity contribution in [3.05, 3.63) is 34.2 Å². The molecule has 1 N–H and O–H groups in total. The fraction of sp³-hybridized carbons (Fsp3) is 0.412. The summed E-state index contributed by atoms with van der Waals surface area (Å²) in [5, 5.41) is 9.50.